The van der Waals surface area contributed by atoms with E-state index >= 15 is 0 Å². The molecule has 2 rings (SSSR count). The Morgan fingerprint density at radius 1 is 1.57 bits per heavy atom. The lowest BCUT2D eigenvalue weighted by Gasteiger charge is -2.11. The van der Waals surface area contributed by atoms with Crippen molar-refractivity contribution in [2.24, 2.45) is 0 Å². The number of rotatable bonds is 2. The second-order valence-electron chi connectivity index (χ2n) is 3.26. The van der Waals surface area contributed by atoms with Gasteiger partial charge in [0.1, 0.15) is 17.5 Å². The van der Waals surface area contributed by atoms with Crippen LogP contribution in [0.3, 0.4) is 0 Å². The fourth-order valence-electron chi connectivity index (χ4n) is 1.46. The average molecular weight is 188 g/mol. The minimum Gasteiger partial charge on any atom is -0.487 e. The van der Waals surface area contributed by atoms with Gasteiger partial charge in [0, 0.05) is 6.54 Å². The number of ether oxygens (including phenoxy) is 1. The quantitative estimate of drug-likeness (QED) is 0.697. The first kappa shape index (κ1) is 9.04. The molecule has 0 saturated carbocycles. The lowest BCUT2D eigenvalue weighted by molar-refractivity contribution is 0.222. The third kappa shape index (κ3) is 2.04. The van der Waals surface area contributed by atoms with Gasteiger partial charge < -0.3 is 10.1 Å². The average Bonchev–Trinajstić information content (AvgIpc) is 2.72. The zero-order valence-corrected chi connectivity index (χ0v) is 7.86. The van der Waals surface area contributed by atoms with E-state index in [-0.39, 0.29) is 6.10 Å². The summed E-state index contributed by atoms with van der Waals surface area (Å²) >= 11 is 0. The van der Waals surface area contributed by atoms with Crippen molar-refractivity contribution in [3.63, 3.8) is 0 Å². The van der Waals surface area contributed by atoms with E-state index in [0.717, 1.165) is 25.3 Å². The van der Waals surface area contributed by atoms with Gasteiger partial charge in [-0.15, -0.1) is 6.42 Å². The molecule has 1 atom stereocenters. The highest BCUT2D eigenvalue weighted by Gasteiger charge is 2.15. The predicted octanol–water partition coefficient (Wildman–Crippen LogP) is 0.804. The lowest BCUT2D eigenvalue weighted by Crippen LogP contribution is -2.19. The van der Waals surface area contributed by atoms with Crippen LogP contribution in [0, 0.1) is 12.3 Å². The molecule has 0 aliphatic carbocycles. The van der Waals surface area contributed by atoms with Crippen LogP contribution in [0.25, 0.3) is 0 Å². The molecule has 0 aromatic carbocycles. The molecule has 0 radical (unpaired) electrons. The van der Waals surface area contributed by atoms with E-state index in [2.05, 4.69) is 16.2 Å². The molecule has 1 N–H and O–H groups in total. The number of aromatic nitrogens is 1. The van der Waals surface area contributed by atoms with Crippen molar-refractivity contribution < 1.29 is 4.74 Å². The van der Waals surface area contributed by atoms with Crippen LogP contribution >= 0.6 is 0 Å². The summed E-state index contributed by atoms with van der Waals surface area (Å²) in [6.45, 7) is 1.94. The second-order valence-corrected chi connectivity index (χ2v) is 3.26. The Balaban J connectivity index is 1.99. The Morgan fingerprint density at radius 3 is 3.07 bits per heavy atom. The smallest absolute Gasteiger partial charge is 0.138 e. The minimum absolute atomic E-state index is 0.272. The first-order valence-corrected chi connectivity index (χ1v) is 4.68. The van der Waals surface area contributed by atoms with Gasteiger partial charge in [0.05, 0.1) is 6.20 Å². The summed E-state index contributed by atoms with van der Waals surface area (Å²) in [5.74, 6) is 3.26. The van der Waals surface area contributed by atoms with E-state index in [1.165, 1.54) is 0 Å². The van der Waals surface area contributed by atoms with Crippen molar-refractivity contribution >= 4 is 0 Å². The standard InChI is InChI=1S/C11H12N2O/c1-2-9-3-4-10(8-13-9)14-11-5-6-12-7-11/h1,3-4,8,11-12H,5-7H2/t11-/m0/s1. The normalized spacial score (nSPS) is 20.4. The second kappa shape index (κ2) is 4.12. The van der Waals surface area contributed by atoms with E-state index in [0.29, 0.717) is 5.69 Å². The number of hydrogen-bond acceptors (Lipinski definition) is 3. The molecule has 1 saturated heterocycles. The van der Waals surface area contributed by atoms with E-state index < -0.39 is 0 Å². The SMILES string of the molecule is C#Cc1ccc(O[C@H]2CCNC2)cn1. The maximum Gasteiger partial charge on any atom is 0.138 e. The fraction of sp³-hybridized carbons (Fsp3) is 0.364. The topological polar surface area (TPSA) is 34.1 Å². The van der Waals surface area contributed by atoms with E-state index in [1.807, 2.05) is 6.07 Å². The van der Waals surface area contributed by atoms with Crippen molar-refractivity contribution in [1.82, 2.24) is 10.3 Å². The van der Waals surface area contributed by atoms with Gasteiger partial charge in [-0.2, -0.15) is 0 Å². The summed E-state index contributed by atoms with van der Waals surface area (Å²) in [5, 5.41) is 3.24. The molecule has 3 nitrogen and oxygen atoms in total. The number of nitrogens with zero attached hydrogens (tertiary/aromatic N) is 1. The summed E-state index contributed by atoms with van der Waals surface area (Å²) in [4.78, 5) is 4.06. The zero-order chi connectivity index (χ0) is 9.80. The van der Waals surface area contributed by atoms with Crippen LogP contribution in [0.15, 0.2) is 18.3 Å². The molecule has 14 heavy (non-hydrogen) atoms. The monoisotopic (exact) mass is 188 g/mol. The number of nitrogens with one attached hydrogen (secondary N) is 1. The minimum atomic E-state index is 0.272. The van der Waals surface area contributed by atoms with Gasteiger partial charge >= 0.3 is 0 Å². The van der Waals surface area contributed by atoms with Crippen LogP contribution in [-0.4, -0.2) is 24.2 Å². The van der Waals surface area contributed by atoms with Gasteiger partial charge in [0.15, 0.2) is 0 Å². The van der Waals surface area contributed by atoms with Gasteiger partial charge in [-0.25, -0.2) is 4.98 Å². The molecule has 0 amide bonds. The van der Waals surface area contributed by atoms with Crippen LogP contribution in [0.1, 0.15) is 12.1 Å². The molecule has 1 aliphatic rings. The third-order valence-electron chi connectivity index (χ3n) is 2.20. The van der Waals surface area contributed by atoms with Crippen LogP contribution < -0.4 is 10.1 Å². The van der Waals surface area contributed by atoms with Gasteiger partial charge in [0.25, 0.3) is 0 Å². The molecule has 3 heteroatoms. The summed E-state index contributed by atoms with van der Waals surface area (Å²) < 4.78 is 5.68. The summed E-state index contributed by atoms with van der Waals surface area (Å²) in [6, 6.07) is 3.65. The molecule has 0 spiro atoms. The maximum atomic E-state index is 5.68. The van der Waals surface area contributed by atoms with Crippen molar-refractivity contribution in [1.29, 1.82) is 0 Å². The molecule has 0 bridgehead atoms. The molecule has 1 fully saturated rings. The maximum absolute atomic E-state index is 5.68. The predicted molar refractivity (Wildman–Crippen MR) is 54.1 cm³/mol. The molecular weight excluding hydrogens is 176 g/mol. The molecule has 2 heterocycles. The number of terminal acetylenes is 1. The van der Waals surface area contributed by atoms with Gasteiger partial charge in [-0.3, -0.25) is 0 Å². The molecular formula is C11H12N2O. The molecule has 1 aromatic rings. The Hall–Kier alpha value is -1.53. The summed E-state index contributed by atoms with van der Waals surface area (Å²) in [6.07, 6.45) is 8.20. The Bertz CT molecular complexity index is 333. The van der Waals surface area contributed by atoms with E-state index in [1.54, 1.807) is 12.3 Å². The highest BCUT2D eigenvalue weighted by Crippen LogP contribution is 2.13. The zero-order valence-electron chi connectivity index (χ0n) is 7.86. The van der Waals surface area contributed by atoms with Crippen molar-refractivity contribution in [2.75, 3.05) is 13.1 Å². The van der Waals surface area contributed by atoms with Crippen molar-refractivity contribution in [3.8, 4) is 18.1 Å². The molecule has 1 aliphatic heterocycles. The van der Waals surface area contributed by atoms with Crippen LogP contribution in [0.2, 0.25) is 0 Å². The van der Waals surface area contributed by atoms with Crippen molar-refractivity contribution in [3.05, 3.63) is 24.0 Å². The highest BCUT2D eigenvalue weighted by molar-refractivity contribution is 5.29. The van der Waals surface area contributed by atoms with Crippen molar-refractivity contribution in [2.45, 2.75) is 12.5 Å². The summed E-state index contributed by atoms with van der Waals surface area (Å²) in [5.41, 5.74) is 0.641. The highest BCUT2D eigenvalue weighted by atomic mass is 16.5. The molecule has 1 aromatic heterocycles. The first-order valence-electron chi connectivity index (χ1n) is 4.68. The Morgan fingerprint density at radius 2 is 2.50 bits per heavy atom. The van der Waals surface area contributed by atoms with Gasteiger partial charge in [-0.1, -0.05) is 5.92 Å². The number of hydrogen-bond donors (Lipinski definition) is 1. The van der Waals surface area contributed by atoms with E-state index in [9.17, 15) is 0 Å². The van der Waals surface area contributed by atoms with E-state index in [4.69, 9.17) is 11.2 Å². The lowest BCUT2D eigenvalue weighted by atomic mass is 10.3. The van der Waals surface area contributed by atoms with Gasteiger partial charge in [-0.05, 0) is 25.1 Å². The van der Waals surface area contributed by atoms with Crippen LogP contribution in [0.4, 0.5) is 0 Å². The fourth-order valence-corrected chi connectivity index (χ4v) is 1.46. The van der Waals surface area contributed by atoms with Crippen LogP contribution in [0.5, 0.6) is 5.75 Å². The third-order valence-corrected chi connectivity index (χ3v) is 2.20. The number of pyridine rings is 1. The van der Waals surface area contributed by atoms with Crippen LogP contribution in [-0.2, 0) is 0 Å². The molecule has 72 valence electrons. The Kier molecular flexibility index (Phi) is 2.66. The first-order chi connectivity index (χ1) is 6.88. The Labute approximate surface area is 83.5 Å². The summed E-state index contributed by atoms with van der Waals surface area (Å²) in [7, 11) is 0. The molecule has 0 unspecified atom stereocenters. The largest absolute Gasteiger partial charge is 0.487 e. The van der Waals surface area contributed by atoms with Gasteiger partial charge in [0.2, 0.25) is 0 Å².